The summed E-state index contributed by atoms with van der Waals surface area (Å²) in [5.41, 5.74) is 0.220. The Balaban J connectivity index is 1.32. The van der Waals surface area contributed by atoms with Gasteiger partial charge in [-0.05, 0) is 55.7 Å². The Kier molecular flexibility index (Phi) is 5.47. The van der Waals surface area contributed by atoms with Gasteiger partial charge in [0, 0.05) is 25.4 Å². The third-order valence-electron chi connectivity index (χ3n) is 7.45. The second-order valence-electron chi connectivity index (χ2n) is 9.59. The predicted molar refractivity (Wildman–Crippen MR) is 126 cm³/mol. The van der Waals surface area contributed by atoms with Crippen LogP contribution >= 0.6 is 10.2 Å². The van der Waals surface area contributed by atoms with Crippen LogP contribution in [0.3, 0.4) is 0 Å². The van der Waals surface area contributed by atoms with Gasteiger partial charge in [0.2, 0.25) is 5.95 Å². The minimum atomic E-state index is -9.68. The van der Waals surface area contributed by atoms with Crippen molar-refractivity contribution in [2.45, 2.75) is 53.4 Å². The Morgan fingerprint density at radius 1 is 1.06 bits per heavy atom. The Labute approximate surface area is 202 Å². The summed E-state index contributed by atoms with van der Waals surface area (Å²) < 4.78 is 77.6. The van der Waals surface area contributed by atoms with E-state index >= 15 is 0 Å². The van der Waals surface area contributed by atoms with E-state index in [1.165, 1.54) is 0 Å². The summed E-state index contributed by atoms with van der Waals surface area (Å²) in [5.74, 6) is 1.48. The topological polar surface area (TPSA) is 69.6 Å². The Bertz CT molecular complexity index is 1150. The number of rotatable bonds is 5. The Morgan fingerprint density at radius 3 is 2.26 bits per heavy atom. The van der Waals surface area contributed by atoms with E-state index in [1.807, 2.05) is 4.90 Å². The number of aliphatic hydroxyl groups excluding tert-OH is 1. The maximum Gasteiger partial charge on any atom is 0.310 e. The van der Waals surface area contributed by atoms with Crippen LogP contribution in [0.4, 0.5) is 31.2 Å². The zero-order chi connectivity index (χ0) is 25.1. The van der Waals surface area contributed by atoms with Crippen molar-refractivity contribution in [2.75, 3.05) is 41.8 Å². The molecule has 1 N–H and O–H groups in total. The summed E-state index contributed by atoms with van der Waals surface area (Å²) in [6, 6.07) is 3.23. The van der Waals surface area contributed by atoms with Gasteiger partial charge in [-0.2, -0.15) is 4.98 Å². The van der Waals surface area contributed by atoms with E-state index in [9.17, 15) is 28.7 Å². The SMILES string of the molecule is O=[S@]1CCN(C2(CO)CCC2)c2nc(N3CCC(c4ccc(S(F)(F)(F)(F)F)cc4)CC3)ncc21. The molecule has 13 heteroatoms. The molecule has 0 radical (unpaired) electrons. The number of aliphatic hydroxyl groups is 1. The predicted octanol–water partition coefficient (Wildman–Crippen LogP) is 5.36. The first-order valence-electron chi connectivity index (χ1n) is 11.5. The summed E-state index contributed by atoms with van der Waals surface area (Å²) in [7, 11) is -10.9. The standard InChI is InChI=1S/C22H27F5N4O2S2/c23-35(24,25,26,27)18-4-2-16(3-5-18)17-6-10-30(11-7-17)21-28-14-19-20(29-21)31(12-13-34(19)33)22(15-32)8-1-9-22/h2-5,14,17,32H,1,6-13,15H2/t34-/m0/s1. The summed E-state index contributed by atoms with van der Waals surface area (Å²) in [6.45, 7) is 1.64. The highest BCUT2D eigenvalue weighted by Gasteiger charge is 2.65. The first-order chi connectivity index (χ1) is 16.3. The maximum atomic E-state index is 13.0. The van der Waals surface area contributed by atoms with Gasteiger partial charge in [-0.3, -0.25) is 4.21 Å². The van der Waals surface area contributed by atoms with E-state index in [1.54, 1.807) is 6.20 Å². The maximum absolute atomic E-state index is 13.0. The minimum Gasteiger partial charge on any atom is -0.394 e. The van der Waals surface area contributed by atoms with Gasteiger partial charge >= 0.3 is 10.2 Å². The van der Waals surface area contributed by atoms with Crippen molar-refractivity contribution in [3.05, 3.63) is 36.0 Å². The molecule has 2 aliphatic heterocycles. The van der Waals surface area contributed by atoms with Gasteiger partial charge in [-0.1, -0.05) is 31.6 Å². The van der Waals surface area contributed by atoms with Gasteiger partial charge in [0.25, 0.3) is 0 Å². The molecule has 1 saturated carbocycles. The molecule has 1 aromatic heterocycles. The Hall–Kier alpha value is -1.99. The molecule has 0 amide bonds. The van der Waals surface area contributed by atoms with Crippen molar-refractivity contribution in [2.24, 2.45) is 0 Å². The van der Waals surface area contributed by atoms with Gasteiger partial charge in [0.05, 0.1) is 34.0 Å². The fraction of sp³-hybridized carbons (Fsp3) is 0.545. The molecule has 3 heterocycles. The van der Waals surface area contributed by atoms with E-state index in [0.717, 1.165) is 31.4 Å². The van der Waals surface area contributed by atoms with Crippen LogP contribution in [0.15, 0.2) is 40.3 Å². The fourth-order valence-corrected chi connectivity index (χ4v) is 6.97. The number of nitrogens with zero attached hydrogens (tertiary/aromatic N) is 4. The highest BCUT2D eigenvalue weighted by Crippen LogP contribution is 3.02. The lowest BCUT2D eigenvalue weighted by Crippen LogP contribution is -2.59. The first kappa shape index (κ1) is 24.7. The van der Waals surface area contributed by atoms with Crippen molar-refractivity contribution in [1.29, 1.82) is 0 Å². The van der Waals surface area contributed by atoms with Gasteiger partial charge < -0.3 is 14.9 Å². The summed E-state index contributed by atoms with van der Waals surface area (Å²) in [5, 5.41) is 10.1. The third-order valence-corrected chi connectivity index (χ3v) is 9.95. The lowest BCUT2D eigenvalue weighted by molar-refractivity contribution is 0.115. The van der Waals surface area contributed by atoms with Crippen molar-refractivity contribution in [3.8, 4) is 0 Å². The largest absolute Gasteiger partial charge is 0.394 e. The van der Waals surface area contributed by atoms with E-state index in [0.29, 0.717) is 72.6 Å². The van der Waals surface area contributed by atoms with E-state index in [4.69, 9.17) is 4.98 Å². The molecule has 2 aromatic rings. The third kappa shape index (κ3) is 4.62. The van der Waals surface area contributed by atoms with Crippen LogP contribution in [0.2, 0.25) is 0 Å². The Morgan fingerprint density at radius 2 is 1.71 bits per heavy atom. The summed E-state index contributed by atoms with van der Waals surface area (Å²) >= 11 is 0. The van der Waals surface area contributed by atoms with Gasteiger partial charge in [0.1, 0.15) is 4.90 Å². The molecule has 3 aliphatic rings. The van der Waals surface area contributed by atoms with Gasteiger partial charge in [0.15, 0.2) is 5.82 Å². The van der Waals surface area contributed by atoms with Gasteiger partial charge in [-0.25, -0.2) is 4.98 Å². The summed E-state index contributed by atoms with van der Waals surface area (Å²) in [6.07, 6.45) is 5.51. The number of halogens is 5. The van der Waals surface area contributed by atoms with Crippen molar-refractivity contribution in [1.82, 2.24) is 9.97 Å². The number of hydrogen-bond acceptors (Lipinski definition) is 6. The van der Waals surface area contributed by atoms with E-state index in [2.05, 4.69) is 9.88 Å². The zero-order valence-corrected chi connectivity index (χ0v) is 20.5. The minimum absolute atomic E-state index is 0.00457. The molecule has 194 valence electrons. The summed E-state index contributed by atoms with van der Waals surface area (Å²) in [4.78, 5) is 11.9. The lowest BCUT2D eigenvalue weighted by atomic mass is 9.76. The number of hydrogen-bond donors (Lipinski definition) is 1. The molecule has 0 bridgehead atoms. The molecule has 2 fully saturated rings. The van der Waals surface area contributed by atoms with Crippen LogP contribution in [0.1, 0.15) is 43.6 Å². The molecule has 5 rings (SSSR count). The highest BCUT2D eigenvalue weighted by molar-refractivity contribution is 8.45. The van der Waals surface area contributed by atoms with Gasteiger partial charge in [-0.15, -0.1) is 0 Å². The average Bonchev–Trinajstić information content (AvgIpc) is 2.79. The second-order valence-corrected chi connectivity index (χ2v) is 13.5. The van der Waals surface area contributed by atoms with E-state index < -0.39 is 25.9 Å². The van der Waals surface area contributed by atoms with Crippen molar-refractivity contribution < 1.29 is 28.7 Å². The monoisotopic (exact) mass is 538 g/mol. The molecule has 1 aliphatic carbocycles. The first-order valence-corrected chi connectivity index (χ1v) is 14.8. The van der Waals surface area contributed by atoms with Crippen LogP contribution in [-0.4, -0.2) is 56.8 Å². The molecular formula is C22H27F5N4O2S2. The molecule has 1 saturated heterocycles. The van der Waals surface area contributed by atoms with Crippen LogP contribution in [0.25, 0.3) is 0 Å². The lowest BCUT2D eigenvalue weighted by Gasteiger charge is -2.51. The smallest absolute Gasteiger partial charge is 0.310 e. The van der Waals surface area contributed by atoms with Crippen molar-refractivity contribution >= 4 is 32.8 Å². The number of aromatic nitrogens is 2. The number of piperidine rings is 1. The molecule has 0 unspecified atom stereocenters. The molecule has 1 aromatic carbocycles. The molecule has 6 nitrogen and oxygen atoms in total. The normalized spacial score (nSPS) is 24.8. The molecule has 35 heavy (non-hydrogen) atoms. The number of benzene rings is 1. The van der Waals surface area contributed by atoms with Crippen LogP contribution in [0.5, 0.6) is 0 Å². The van der Waals surface area contributed by atoms with Crippen LogP contribution < -0.4 is 9.80 Å². The zero-order valence-electron chi connectivity index (χ0n) is 18.9. The average molecular weight is 539 g/mol. The van der Waals surface area contributed by atoms with Crippen molar-refractivity contribution in [3.63, 3.8) is 0 Å². The molecule has 1 atom stereocenters. The molecular weight excluding hydrogens is 511 g/mol. The fourth-order valence-electron chi connectivity index (χ4n) is 5.22. The number of anilines is 2. The molecule has 0 spiro atoms. The second kappa shape index (κ2) is 7.75. The van der Waals surface area contributed by atoms with E-state index in [-0.39, 0.29) is 18.1 Å². The quantitative estimate of drug-likeness (QED) is 0.517. The van der Waals surface area contributed by atoms with Crippen LogP contribution in [0, 0.1) is 0 Å². The van der Waals surface area contributed by atoms with Crippen LogP contribution in [-0.2, 0) is 10.8 Å². The number of fused-ring (bicyclic) bond motifs is 1. The highest BCUT2D eigenvalue weighted by atomic mass is 32.5.